The smallest absolute Gasteiger partial charge is 0.101 e. The van der Waals surface area contributed by atoms with Gasteiger partial charge in [0.15, 0.2) is 0 Å². The number of rotatable bonds is 7. The Morgan fingerprint density at radius 2 is 1.76 bits per heavy atom. The van der Waals surface area contributed by atoms with Crippen LogP contribution in [0.15, 0.2) is 34.9 Å². The predicted octanol–water partition coefficient (Wildman–Crippen LogP) is 4.80. The molecule has 0 amide bonds. The van der Waals surface area contributed by atoms with Crippen molar-refractivity contribution >= 4 is 0 Å². The maximum absolute atomic E-state index is 5.51. The van der Waals surface area contributed by atoms with Crippen LogP contribution in [0.4, 0.5) is 0 Å². The summed E-state index contributed by atoms with van der Waals surface area (Å²) in [6.45, 7) is 9.65. The van der Waals surface area contributed by atoms with Crippen molar-refractivity contribution < 1.29 is 4.42 Å². The zero-order chi connectivity index (χ0) is 15.2. The van der Waals surface area contributed by atoms with Crippen molar-refractivity contribution in [3.63, 3.8) is 0 Å². The van der Waals surface area contributed by atoms with Crippen molar-refractivity contribution in [1.29, 1.82) is 0 Å². The van der Waals surface area contributed by atoms with E-state index in [9.17, 15) is 0 Å². The molecule has 0 saturated carbocycles. The molecular formula is C19H27NO. The largest absolute Gasteiger partial charge is 0.469 e. The minimum Gasteiger partial charge on any atom is -0.469 e. The van der Waals surface area contributed by atoms with E-state index in [1.807, 2.05) is 13.2 Å². The third-order valence-corrected chi connectivity index (χ3v) is 4.01. The molecule has 114 valence electrons. The van der Waals surface area contributed by atoms with Crippen LogP contribution in [-0.2, 0) is 12.8 Å². The van der Waals surface area contributed by atoms with Crippen LogP contribution >= 0.6 is 0 Å². The van der Waals surface area contributed by atoms with Crippen LogP contribution in [0.1, 0.15) is 61.2 Å². The summed E-state index contributed by atoms with van der Waals surface area (Å²) in [5.41, 5.74) is 5.46. The van der Waals surface area contributed by atoms with Crippen molar-refractivity contribution in [2.24, 2.45) is 0 Å². The molecule has 2 aromatic rings. The minimum absolute atomic E-state index is 0.221. The van der Waals surface area contributed by atoms with Gasteiger partial charge < -0.3 is 9.73 Å². The number of nitrogens with one attached hydrogen (secondary N) is 1. The van der Waals surface area contributed by atoms with Crippen LogP contribution in [0.25, 0.3) is 0 Å². The second kappa shape index (κ2) is 7.46. The molecule has 0 radical (unpaired) electrons. The molecule has 0 aliphatic heterocycles. The molecule has 21 heavy (non-hydrogen) atoms. The fraction of sp³-hybridized carbons (Fsp3) is 0.474. The van der Waals surface area contributed by atoms with E-state index in [2.05, 4.69) is 50.4 Å². The lowest BCUT2D eigenvalue weighted by molar-refractivity contribution is 0.523. The second-order valence-electron chi connectivity index (χ2n) is 5.61. The highest BCUT2D eigenvalue weighted by Crippen LogP contribution is 2.26. The summed E-state index contributed by atoms with van der Waals surface area (Å²) in [4.78, 5) is 0. The van der Waals surface area contributed by atoms with E-state index in [0.717, 1.165) is 31.6 Å². The third kappa shape index (κ3) is 3.76. The van der Waals surface area contributed by atoms with Gasteiger partial charge in [0.05, 0.1) is 12.3 Å². The maximum atomic E-state index is 5.51. The van der Waals surface area contributed by atoms with E-state index in [0.29, 0.717) is 0 Å². The van der Waals surface area contributed by atoms with Gasteiger partial charge in [-0.15, -0.1) is 0 Å². The molecule has 2 nitrogen and oxygen atoms in total. The molecule has 0 spiro atoms. The van der Waals surface area contributed by atoms with Crippen LogP contribution in [-0.4, -0.2) is 6.54 Å². The van der Waals surface area contributed by atoms with Gasteiger partial charge >= 0.3 is 0 Å². The second-order valence-corrected chi connectivity index (χ2v) is 5.61. The molecule has 2 heteroatoms. The lowest BCUT2D eigenvalue weighted by Crippen LogP contribution is -2.23. The molecule has 1 aromatic heterocycles. The fourth-order valence-corrected chi connectivity index (χ4v) is 2.83. The Kier molecular flexibility index (Phi) is 5.63. The first-order valence-corrected chi connectivity index (χ1v) is 8.09. The molecule has 1 N–H and O–H groups in total. The number of benzene rings is 1. The zero-order valence-corrected chi connectivity index (χ0v) is 13.7. The summed E-state index contributed by atoms with van der Waals surface area (Å²) in [6, 6.07) is 9.25. The van der Waals surface area contributed by atoms with Crippen LogP contribution in [0.2, 0.25) is 0 Å². The summed E-state index contributed by atoms with van der Waals surface area (Å²) in [5.74, 6) is 0.967. The highest BCUT2D eigenvalue weighted by atomic mass is 16.3. The van der Waals surface area contributed by atoms with Gasteiger partial charge in [0.2, 0.25) is 0 Å². The van der Waals surface area contributed by atoms with E-state index in [-0.39, 0.29) is 6.04 Å². The van der Waals surface area contributed by atoms with E-state index in [1.165, 1.54) is 22.3 Å². The van der Waals surface area contributed by atoms with Gasteiger partial charge in [-0.2, -0.15) is 0 Å². The maximum Gasteiger partial charge on any atom is 0.101 e. The molecule has 2 rings (SSSR count). The predicted molar refractivity (Wildman–Crippen MR) is 88.8 cm³/mol. The minimum atomic E-state index is 0.221. The van der Waals surface area contributed by atoms with Crippen molar-refractivity contribution in [3.05, 3.63) is 58.5 Å². The topological polar surface area (TPSA) is 25.2 Å². The SMILES string of the molecule is CCCNC(c1coc(C)c1)c1ccc(CC)c(CC)c1. The first-order chi connectivity index (χ1) is 10.2. The van der Waals surface area contributed by atoms with Gasteiger partial charge in [-0.3, -0.25) is 0 Å². The van der Waals surface area contributed by atoms with Crippen molar-refractivity contribution in [3.8, 4) is 0 Å². The van der Waals surface area contributed by atoms with Crippen molar-refractivity contribution in [2.75, 3.05) is 6.54 Å². The van der Waals surface area contributed by atoms with Gasteiger partial charge in [0.25, 0.3) is 0 Å². The van der Waals surface area contributed by atoms with Crippen LogP contribution in [0.3, 0.4) is 0 Å². The molecule has 0 fully saturated rings. The van der Waals surface area contributed by atoms with E-state index in [4.69, 9.17) is 4.42 Å². The standard InChI is InChI=1S/C19H27NO/c1-5-10-20-19(18-11-14(4)21-13-18)17-9-8-15(6-2)16(7-3)12-17/h8-9,11-13,19-20H,5-7,10H2,1-4H3. The highest BCUT2D eigenvalue weighted by molar-refractivity contribution is 5.38. The molecule has 0 saturated heterocycles. The van der Waals surface area contributed by atoms with Gasteiger partial charge in [-0.25, -0.2) is 0 Å². The van der Waals surface area contributed by atoms with Gasteiger partial charge in [-0.05, 0) is 55.5 Å². The summed E-state index contributed by atoms with van der Waals surface area (Å²) < 4.78 is 5.51. The van der Waals surface area contributed by atoms with Gasteiger partial charge in [-0.1, -0.05) is 39.0 Å². The molecule has 1 unspecified atom stereocenters. The lowest BCUT2D eigenvalue weighted by Gasteiger charge is -2.19. The Bertz CT molecular complexity index is 571. The van der Waals surface area contributed by atoms with Gasteiger partial charge in [0, 0.05) is 5.56 Å². The molecule has 0 aliphatic rings. The van der Waals surface area contributed by atoms with E-state index >= 15 is 0 Å². The average molecular weight is 285 g/mol. The Hall–Kier alpha value is -1.54. The fourth-order valence-electron chi connectivity index (χ4n) is 2.83. The summed E-state index contributed by atoms with van der Waals surface area (Å²) in [7, 11) is 0. The third-order valence-electron chi connectivity index (χ3n) is 4.01. The van der Waals surface area contributed by atoms with Crippen LogP contribution in [0.5, 0.6) is 0 Å². The summed E-state index contributed by atoms with van der Waals surface area (Å²) in [5, 5.41) is 3.64. The molecule has 1 atom stereocenters. The van der Waals surface area contributed by atoms with E-state index in [1.54, 1.807) is 0 Å². The Morgan fingerprint density at radius 3 is 2.33 bits per heavy atom. The summed E-state index contributed by atoms with van der Waals surface area (Å²) >= 11 is 0. The molecule has 0 bridgehead atoms. The number of aryl methyl sites for hydroxylation is 3. The Labute approximate surface area is 128 Å². The summed E-state index contributed by atoms with van der Waals surface area (Å²) in [6.07, 6.45) is 5.19. The normalized spacial score (nSPS) is 12.6. The van der Waals surface area contributed by atoms with Crippen LogP contribution < -0.4 is 5.32 Å². The monoisotopic (exact) mass is 285 g/mol. The molecule has 1 aromatic carbocycles. The first kappa shape index (κ1) is 15.8. The quantitative estimate of drug-likeness (QED) is 0.790. The Morgan fingerprint density at radius 1 is 1.00 bits per heavy atom. The molecular weight excluding hydrogens is 258 g/mol. The Balaban J connectivity index is 2.36. The lowest BCUT2D eigenvalue weighted by atomic mass is 9.94. The van der Waals surface area contributed by atoms with Gasteiger partial charge in [0.1, 0.15) is 5.76 Å². The van der Waals surface area contributed by atoms with Crippen molar-refractivity contribution in [1.82, 2.24) is 5.32 Å². The first-order valence-electron chi connectivity index (χ1n) is 8.09. The molecule has 1 heterocycles. The molecule has 0 aliphatic carbocycles. The van der Waals surface area contributed by atoms with E-state index < -0.39 is 0 Å². The zero-order valence-electron chi connectivity index (χ0n) is 13.7. The average Bonchev–Trinajstić information content (AvgIpc) is 2.93. The number of hydrogen-bond acceptors (Lipinski definition) is 2. The van der Waals surface area contributed by atoms with Crippen molar-refractivity contribution in [2.45, 2.75) is 53.0 Å². The van der Waals surface area contributed by atoms with Crippen LogP contribution in [0, 0.1) is 6.92 Å². The number of hydrogen-bond donors (Lipinski definition) is 1. The number of furan rings is 1. The highest BCUT2D eigenvalue weighted by Gasteiger charge is 2.16.